The molecule has 2 rings (SSSR count). The summed E-state index contributed by atoms with van der Waals surface area (Å²) < 4.78 is 10.6. The van der Waals surface area contributed by atoms with E-state index in [9.17, 15) is 4.79 Å². The summed E-state index contributed by atoms with van der Waals surface area (Å²) in [5, 5.41) is 8.61. The normalized spacial score (nSPS) is 17.7. The molecule has 0 saturated carbocycles. The van der Waals surface area contributed by atoms with Gasteiger partial charge < -0.3 is 14.6 Å². The van der Waals surface area contributed by atoms with Crippen LogP contribution in [-0.2, 0) is 16.0 Å². The van der Waals surface area contributed by atoms with Crippen molar-refractivity contribution in [2.75, 3.05) is 13.7 Å². The predicted molar refractivity (Wildman–Crippen MR) is 70.7 cm³/mol. The highest BCUT2D eigenvalue weighted by Crippen LogP contribution is 2.18. The Morgan fingerprint density at radius 3 is 3.16 bits per heavy atom. The number of ether oxygens (including phenoxy) is 2. The molecule has 0 spiro atoms. The first kappa shape index (κ1) is 13.4. The number of carboxylic acids is 1. The minimum absolute atomic E-state index is 0.0602. The van der Waals surface area contributed by atoms with Gasteiger partial charge in [0.25, 0.3) is 0 Å². The number of nitrogens with zero attached hydrogens (tertiary/aromatic N) is 1. The second-order valence-corrected chi connectivity index (χ2v) is 4.44. The van der Waals surface area contributed by atoms with Crippen LogP contribution in [0.25, 0.3) is 0 Å². The minimum atomic E-state index is -0.831. The van der Waals surface area contributed by atoms with Crippen LogP contribution in [-0.4, -0.2) is 36.7 Å². The summed E-state index contributed by atoms with van der Waals surface area (Å²) in [6.07, 6.45) is 1.20. The molecule has 102 valence electrons. The molecule has 5 heteroatoms. The lowest BCUT2D eigenvalue weighted by molar-refractivity contribution is -0.136. The van der Waals surface area contributed by atoms with Gasteiger partial charge in [-0.3, -0.25) is 4.79 Å². The summed E-state index contributed by atoms with van der Waals surface area (Å²) in [5.41, 5.74) is 1.14. The number of hydrogen-bond acceptors (Lipinski definition) is 4. The molecule has 0 amide bonds. The highest BCUT2D eigenvalue weighted by atomic mass is 16.5. The fraction of sp³-hybridized carbons (Fsp3) is 0.429. The molecule has 19 heavy (non-hydrogen) atoms. The van der Waals surface area contributed by atoms with Crippen molar-refractivity contribution in [1.29, 1.82) is 0 Å². The molecule has 0 radical (unpaired) electrons. The van der Waals surface area contributed by atoms with E-state index in [0.29, 0.717) is 18.9 Å². The van der Waals surface area contributed by atoms with Crippen molar-refractivity contribution in [3.8, 4) is 5.75 Å². The van der Waals surface area contributed by atoms with Crippen LogP contribution in [0.4, 0.5) is 0 Å². The van der Waals surface area contributed by atoms with Crippen LogP contribution in [0.1, 0.15) is 18.4 Å². The van der Waals surface area contributed by atoms with E-state index in [4.69, 9.17) is 14.6 Å². The molecule has 1 aromatic carbocycles. The summed E-state index contributed by atoms with van der Waals surface area (Å²) in [7, 11) is 1.64. The monoisotopic (exact) mass is 263 g/mol. The number of carbonyl (C=O) groups is 1. The third-order valence-corrected chi connectivity index (χ3v) is 2.93. The molecule has 1 aliphatic heterocycles. The SMILES string of the molecule is COc1cccc(CC2COC(CCC(=O)O)=N2)c1. The van der Waals surface area contributed by atoms with Gasteiger partial charge in [-0.1, -0.05) is 12.1 Å². The van der Waals surface area contributed by atoms with Gasteiger partial charge in [0.15, 0.2) is 5.90 Å². The topological polar surface area (TPSA) is 68.1 Å². The van der Waals surface area contributed by atoms with Crippen molar-refractivity contribution >= 4 is 11.9 Å². The molecule has 0 aromatic heterocycles. The zero-order valence-corrected chi connectivity index (χ0v) is 10.8. The summed E-state index contributed by atoms with van der Waals surface area (Å²) in [6, 6.07) is 7.91. The molecule has 0 aliphatic carbocycles. The molecular weight excluding hydrogens is 246 g/mol. The lowest BCUT2D eigenvalue weighted by Crippen LogP contribution is -2.10. The third-order valence-electron chi connectivity index (χ3n) is 2.93. The molecule has 5 nitrogen and oxygen atoms in total. The first-order chi connectivity index (χ1) is 9.17. The van der Waals surface area contributed by atoms with E-state index in [2.05, 4.69) is 4.99 Å². The number of rotatable bonds is 6. The Morgan fingerprint density at radius 1 is 1.58 bits per heavy atom. The minimum Gasteiger partial charge on any atom is -0.497 e. The van der Waals surface area contributed by atoms with Gasteiger partial charge in [-0.05, 0) is 24.1 Å². The molecule has 1 aromatic rings. The molecule has 0 fully saturated rings. The molecular formula is C14H17NO4. The van der Waals surface area contributed by atoms with E-state index >= 15 is 0 Å². The standard InChI is InChI=1S/C14H17NO4/c1-18-12-4-2-3-10(8-12)7-11-9-19-13(15-11)5-6-14(16)17/h2-4,8,11H,5-7,9H2,1H3,(H,16,17). The number of carboxylic acid groups (broad SMARTS) is 1. The highest BCUT2D eigenvalue weighted by molar-refractivity contribution is 5.81. The average molecular weight is 263 g/mol. The number of hydrogen-bond donors (Lipinski definition) is 1. The van der Waals surface area contributed by atoms with E-state index in [1.54, 1.807) is 7.11 Å². The van der Waals surface area contributed by atoms with E-state index < -0.39 is 5.97 Å². The fourth-order valence-corrected chi connectivity index (χ4v) is 2.00. The Balaban J connectivity index is 1.91. The molecule has 1 unspecified atom stereocenters. The zero-order valence-electron chi connectivity index (χ0n) is 10.8. The Kier molecular flexibility index (Phi) is 4.39. The van der Waals surface area contributed by atoms with Crippen LogP contribution >= 0.6 is 0 Å². The summed E-state index contributed by atoms with van der Waals surface area (Å²) in [6.45, 7) is 0.520. The van der Waals surface area contributed by atoms with Gasteiger partial charge in [0.2, 0.25) is 0 Å². The highest BCUT2D eigenvalue weighted by Gasteiger charge is 2.19. The molecule has 1 aliphatic rings. The van der Waals surface area contributed by atoms with E-state index in [-0.39, 0.29) is 12.5 Å². The van der Waals surface area contributed by atoms with Crippen molar-refractivity contribution in [1.82, 2.24) is 0 Å². The van der Waals surface area contributed by atoms with Crippen molar-refractivity contribution in [2.45, 2.75) is 25.3 Å². The Hall–Kier alpha value is -2.04. The number of methoxy groups -OCH3 is 1. The molecule has 1 heterocycles. The van der Waals surface area contributed by atoms with Crippen LogP contribution in [0.2, 0.25) is 0 Å². The molecule has 1 N–H and O–H groups in total. The van der Waals surface area contributed by atoms with E-state index in [0.717, 1.165) is 17.7 Å². The van der Waals surface area contributed by atoms with Gasteiger partial charge in [-0.25, -0.2) is 4.99 Å². The van der Waals surface area contributed by atoms with Gasteiger partial charge in [-0.15, -0.1) is 0 Å². The number of aliphatic imine (C=N–C) groups is 1. The lowest BCUT2D eigenvalue weighted by atomic mass is 10.1. The van der Waals surface area contributed by atoms with Crippen molar-refractivity contribution in [2.24, 2.45) is 4.99 Å². The third kappa shape index (κ3) is 3.98. The smallest absolute Gasteiger partial charge is 0.303 e. The van der Waals surface area contributed by atoms with Gasteiger partial charge in [0.1, 0.15) is 12.4 Å². The Morgan fingerprint density at radius 2 is 2.42 bits per heavy atom. The zero-order chi connectivity index (χ0) is 13.7. The van der Waals surface area contributed by atoms with Crippen LogP contribution in [0.5, 0.6) is 5.75 Å². The maximum Gasteiger partial charge on any atom is 0.303 e. The number of benzene rings is 1. The molecule has 1 atom stereocenters. The lowest BCUT2D eigenvalue weighted by Gasteiger charge is -2.06. The van der Waals surface area contributed by atoms with Gasteiger partial charge >= 0.3 is 5.97 Å². The van der Waals surface area contributed by atoms with Crippen molar-refractivity contribution in [3.63, 3.8) is 0 Å². The largest absolute Gasteiger partial charge is 0.497 e. The van der Waals surface area contributed by atoms with Crippen molar-refractivity contribution in [3.05, 3.63) is 29.8 Å². The van der Waals surface area contributed by atoms with Gasteiger partial charge in [0.05, 0.1) is 19.6 Å². The van der Waals surface area contributed by atoms with Crippen LogP contribution in [0.3, 0.4) is 0 Å². The molecule has 0 saturated heterocycles. The summed E-state index contributed by atoms with van der Waals surface area (Å²) >= 11 is 0. The quantitative estimate of drug-likeness (QED) is 0.851. The summed E-state index contributed by atoms with van der Waals surface area (Å²) in [5.74, 6) is 0.546. The van der Waals surface area contributed by atoms with Crippen molar-refractivity contribution < 1.29 is 19.4 Å². The van der Waals surface area contributed by atoms with Crippen LogP contribution in [0.15, 0.2) is 29.3 Å². The summed E-state index contributed by atoms with van der Waals surface area (Å²) in [4.78, 5) is 14.9. The maximum absolute atomic E-state index is 10.5. The van der Waals surface area contributed by atoms with E-state index in [1.807, 2.05) is 24.3 Å². The Bertz CT molecular complexity index is 484. The predicted octanol–water partition coefficient (Wildman–Crippen LogP) is 1.90. The van der Waals surface area contributed by atoms with Crippen LogP contribution in [0, 0.1) is 0 Å². The first-order valence-electron chi connectivity index (χ1n) is 6.21. The second kappa shape index (κ2) is 6.22. The van der Waals surface area contributed by atoms with Gasteiger partial charge in [0, 0.05) is 6.42 Å². The fourth-order valence-electron chi connectivity index (χ4n) is 2.00. The van der Waals surface area contributed by atoms with Crippen LogP contribution < -0.4 is 4.74 Å². The second-order valence-electron chi connectivity index (χ2n) is 4.44. The maximum atomic E-state index is 10.5. The Labute approximate surface area is 111 Å². The molecule has 0 bridgehead atoms. The van der Waals surface area contributed by atoms with E-state index in [1.165, 1.54) is 0 Å². The average Bonchev–Trinajstić information content (AvgIpc) is 2.84. The first-order valence-corrected chi connectivity index (χ1v) is 6.21. The number of aliphatic carboxylic acids is 1. The van der Waals surface area contributed by atoms with Gasteiger partial charge in [-0.2, -0.15) is 0 Å².